The van der Waals surface area contributed by atoms with Crippen molar-refractivity contribution in [1.29, 1.82) is 0 Å². The Morgan fingerprint density at radius 3 is 2.73 bits per heavy atom. The highest BCUT2D eigenvalue weighted by atomic mass is 35.5. The Bertz CT molecular complexity index is 428. The molecule has 2 rings (SSSR count). The van der Waals surface area contributed by atoms with Crippen molar-refractivity contribution >= 4 is 35.6 Å². The molecular weight excluding hydrogens is 256 g/mol. The maximum Gasteiger partial charge on any atom is 0.138 e. The van der Waals surface area contributed by atoms with Crippen LogP contribution >= 0.6 is 35.6 Å². The first-order valence-electron chi connectivity index (χ1n) is 4.00. The fourth-order valence-corrected chi connectivity index (χ4v) is 1.59. The van der Waals surface area contributed by atoms with Gasteiger partial charge >= 0.3 is 0 Å². The summed E-state index contributed by atoms with van der Waals surface area (Å²) < 4.78 is 1.64. The molecule has 1 aromatic carbocycles. The molecule has 0 bridgehead atoms. The second-order valence-corrected chi connectivity index (χ2v) is 3.45. The number of hydrogen-bond donors (Lipinski definition) is 0. The number of halogens is 3. The van der Waals surface area contributed by atoms with Gasteiger partial charge in [0.05, 0.1) is 5.69 Å². The molecule has 0 unspecified atom stereocenters. The summed E-state index contributed by atoms with van der Waals surface area (Å²) in [6, 6.07) is 5.50. The molecule has 0 radical (unpaired) electrons. The normalized spacial score (nSPS) is 9.73. The lowest BCUT2D eigenvalue weighted by Crippen LogP contribution is -1.98. The first-order chi connectivity index (χ1) is 6.81. The summed E-state index contributed by atoms with van der Waals surface area (Å²) in [5.74, 6) is 0.423. The molecule has 0 N–H and O–H groups in total. The van der Waals surface area contributed by atoms with E-state index in [0.717, 1.165) is 11.3 Å². The molecule has 0 saturated heterocycles. The molecule has 3 nitrogen and oxygen atoms in total. The SMILES string of the molecule is Cl.ClCc1ccc(Cl)cc1-n1cncn1. The lowest BCUT2D eigenvalue weighted by atomic mass is 10.2. The number of aromatic nitrogens is 3. The maximum atomic E-state index is 5.89. The van der Waals surface area contributed by atoms with E-state index in [1.54, 1.807) is 17.1 Å². The zero-order chi connectivity index (χ0) is 9.97. The second-order valence-electron chi connectivity index (χ2n) is 2.75. The van der Waals surface area contributed by atoms with Crippen LogP contribution in [0.25, 0.3) is 5.69 Å². The Kier molecular flexibility index (Phi) is 4.39. The summed E-state index contributed by atoms with van der Waals surface area (Å²) in [4.78, 5) is 3.87. The molecule has 0 aliphatic heterocycles. The van der Waals surface area contributed by atoms with Crippen LogP contribution in [-0.2, 0) is 5.88 Å². The van der Waals surface area contributed by atoms with Gasteiger partial charge in [-0.05, 0) is 17.7 Å². The van der Waals surface area contributed by atoms with Crippen LogP contribution in [0.15, 0.2) is 30.9 Å². The minimum Gasteiger partial charge on any atom is -0.223 e. The smallest absolute Gasteiger partial charge is 0.138 e. The Morgan fingerprint density at radius 2 is 2.13 bits per heavy atom. The predicted octanol–water partition coefficient (Wildman–Crippen LogP) is 3.08. The third kappa shape index (κ3) is 2.62. The fraction of sp³-hybridized carbons (Fsp3) is 0.111. The third-order valence-corrected chi connectivity index (χ3v) is 2.38. The zero-order valence-corrected chi connectivity index (χ0v) is 9.93. The molecular formula is C9H8Cl3N3. The van der Waals surface area contributed by atoms with E-state index in [1.165, 1.54) is 6.33 Å². The highest BCUT2D eigenvalue weighted by Crippen LogP contribution is 2.20. The van der Waals surface area contributed by atoms with E-state index in [2.05, 4.69) is 10.1 Å². The van der Waals surface area contributed by atoms with Crippen LogP contribution < -0.4 is 0 Å². The van der Waals surface area contributed by atoms with E-state index < -0.39 is 0 Å². The van der Waals surface area contributed by atoms with Gasteiger partial charge in [-0.1, -0.05) is 17.7 Å². The lowest BCUT2D eigenvalue weighted by molar-refractivity contribution is 0.869. The minimum atomic E-state index is 0. The molecule has 15 heavy (non-hydrogen) atoms. The van der Waals surface area contributed by atoms with Crippen molar-refractivity contribution in [2.75, 3.05) is 0 Å². The van der Waals surface area contributed by atoms with E-state index in [-0.39, 0.29) is 12.4 Å². The van der Waals surface area contributed by atoms with E-state index in [9.17, 15) is 0 Å². The monoisotopic (exact) mass is 263 g/mol. The number of alkyl halides is 1. The van der Waals surface area contributed by atoms with Crippen molar-refractivity contribution < 1.29 is 0 Å². The highest BCUT2D eigenvalue weighted by molar-refractivity contribution is 6.30. The Hall–Kier alpha value is -0.770. The number of hydrogen-bond acceptors (Lipinski definition) is 2. The Balaban J connectivity index is 0.00000112. The van der Waals surface area contributed by atoms with Gasteiger partial charge in [-0.15, -0.1) is 24.0 Å². The van der Waals surface area contributed by atoms with Gasteiger partial charge in [0.1, 0.15) is 12.7 Å². The minimum absolute atomic E-state index is 0. The van der Waals surface area contributed by atoms with Crippen LogP contribution in [0.3, 0.4) is 0 Å². The standard InChI is InChI=1S/C9H7Cl2N3.ClH/c10-4-7-1-2-8(11)3-9(7)14-6-12-5-13-14;/h1-3,5-6H,4H2;1H. The van der Waals surface area contributed by atoms with E-state index in [4.69, 9.17) is 23.2 Å². The number of nitrogens with zero attached hydrogens (tertiary/aromatic N) is 3. The molecule has 6 heteroatoms. The molecule has 80 valence electrons. The number of rotatable bonds is 2. The molecule has 0 saturated carbocycles. The van der Waals surface area contributed by atoms with Gasteiger partial charge in [0, 0.05) is 10.9 Å². The molecule has 0 amide bonds. The molecule has 0 aliphatic carbocycles. The van der Waals surface area contributed by atoms with Gasteiger partial charge in [-0.25, -0.2) is 9.67 Å². The lowest BCUT2D eigenvalue weighted by Gasteiger charge is -2.06. The van der Waals surface area contributed by atoms with Gasteiger partial charge in [-0.3, -0.25) is 0 Å². The van der Waals surface area contributed by atoms with Crippen LogP contribution in [0.1, 0.15) is 5.56 Å². The van der Waals surface area contributed by atoms with Crippen LogP contribution in [0.5, 0.6) is 0 Å². The van der Waals surface area contributed by atoms with Crippen LogP contribution in [0.4, 0.5) is 0 Å². The molecule has 0 spiro atoms. The van der Waals surface area contributed by atoms with E-state index in [0.29, 0.717) is 10.9 Å². The second kappa shape index (κ2) is 5.35. The third-order valence-electron chi connectivity index (χ3n) is 1.86. The van der Waals surface area contributed by atoms with Crippen molar-refractivity contribution in [2.24, 2.45) is 0 Å². The Morgan fingerprint density at radius 1 is 1.33 bits per heavy atom. The van der Waals surface area contributed by atoms with Crippen molar-refractivity contribution in [1.82, 2.24) is 14.8 Å². The molecule has 1 aromatic heterocycles. The topological polar surface area (TPSA) is 30.7 Å². The van der Waals surface area contributed by atoms with Gasteiger partial charge < -0.3 is 0 Å². The molecule has 0 aliphatic rings. The maximum absolute atomic E-state index is 5.89. The van der Waals surface area contributed by atoms with Crippen LogP contribution in [-0.4, -0.2) is 14.8 Å². The largest absolute Gasteiger partial charge is 0.223 e. The quantitative estimate of drug-likeness (QED) is 0.781. The van der Waals surface area contributed by atoms with Crippen molar-refractivity contribution in [3.63, 3.8) is 0 Å². The first kappa shape index (κ1) is 12.3. The van der Waals surface area contributed by atoms with Gasteiger partial charge in [0.25, 0.3) is 0 Å². The summed E-state index contributed by atoms with van der Waals surface area (Å²) in [5, 5.41) is 4.68. The van der Waals surface area contributed by atoms with Crippen LogP contribution in [0, 0.1) is 0 Å². The molecule has 2 aromatic rings. The van der Waals surface area contributed by atoms with Crippen LogP contribution in [0.2, 0.25) is 5.02 Å². The zero-order valence-electron chi connectivity index (χ0n) is 7.60. The van der Waals surface area contributed by atoms with Crippen molar-refractivity contribution in [3.05, 3.63) is 41.4 Å². The average molecular weight is 265 g/mol. The van der Waals surface area contributed by atoms with Gasteiger partial charge in [-0.2, -0.15) is 5.10 Å². The first-order valence-corrected chi connectivity index (χ1v) is 4.92. The summed E-state index contributed by atoms with van der Waals surface area (Å²) in [6.07, 6.45) is 3.08. The summed E-state index contributed by atoms with van der Waals surface area (Å²) in [6.45, 7) is 0. The molecule has 0 atom stereocenters. The summed E-state index contributed by atoms with van der Waals surface area (Å²) >= 11 is 11.7. The average Bonchev–Trinajstić information content (AvgIpc) is 2.70. The van der Waals surface area contributed by atoms with Gasteiger partial charge in [0.2, 0.25) is 0 Å². The summed E-state index contributed by atoms with van der Waals surface area (Å²) in [7, 11) is 0. The predicted molar refractivity (Wildman–Crippen MR) is 63.2 cm³/mol. The van der Waals surface area contributed by atoms with Crippen molar-refractivity contribution in [2.45, 2.75) is 5.88 Å². The molecule has 0 fully saturated rings. The molecule has 1 heterocycles. The number of benzene rings is 1. The van der Waals surface area contributed by atoms with E-state index in [1.807, 2.05) is 12.1 Å². The van der Waals surface area contributed by atoms with Gasteiger partial charge in [0.15, 0.2) is 0 Å². The Labute approximate surface area is 103 Å². The van der Waals surface area contributed by atoms with Crippen molar-refractivity contribution in [3.8, 4) is 5.69 Å². The summed E-state index contributed by atoms with van der Waals surface area (Å²) in [5.41, 5.74) is 1.84. The fourth-order valence-electron chi connectivity index (χ4n) is 1.20. The van der Waals surface area contributed by atoms with E-state index >= 15 is 0 Å². The highest BCUT2D eigenvalue weighted by Gasteiger charge is 2.04.